The topological polar surface area (TPSA) is 43.2 Å². The third kappa shape index (κ3) is 3.46. The van der Waals surface area contributed by atoms with E-state index < -0.39 is 0 Å². The number of pyridine rings is 1. The van der Waals surface area contributed by atoms with Gasteiger partial charge in [-0.15, -0.1) is 0 Å². The van der Waals surface area contributed by atoms with Crippen molar-refractivity contribution in [2.24, 2.45) is 13.0 Å². The van der Waals surface area contributed by atoms with Crippen molar-refractivity contribution in [1.29, 1.82) is 0 Å². The van der Waals surface area contributed by atoms with Crippen LogP contribution >= 0.6 is 0 Å². The van der Waals surface area contributed by atoms with Gasteiger partial charge in [0, 0.05) is 32.1 Å². The summed E-state index contributed by atoms with van der Waals surface area (Å²) in [5, 5.41) is 4.32. The van der Waals surface area contributed by atoms with E-state index in [9.17, 15) is 0 Å². The van der Waals surface area contributed by atoms with Crippen molar-refractivity contribution >= 4 is 5.82 Å². The first-order chi connectivity index (χ1) is 11.7. The molecule has 5 nitrogen and oxygen atoms in total. The van der Waals surface area contributed by atoms with Gasteiger partial charge in [-0.1, -0.05) is 6.07 Å². The summed E-state index contributed by atoms with van der Waals surface area (Å²) in [5.74, 6) is 1.87. The van der Waals surface area contributed by atoms with Gasteiger partial charge in [0.1, 0.15) is 5.82 Å². The van der Waals surface area contributed by atoms with Crippen LogP contribution in [0, 0.1) is 12.8 Å². The molecular formula is C19H26N4O. The summed E-state index contributed by atoms with van der Waals surface area (Å²) in [6.07, 6.45) is 9.07. The SMILES string of the molecule is Cc1cccc(N2CC[C@@H](OCC3CC3)[C@H]2Cc2cnn(C)c2)n1. The van der Waals surface area contributed by atoms with Gasteiger partial charge in [-0.05, 0) is 56.2 Å². The molecule has 2 aromatic rings. The molecule has 5 heteroatoms. The summed E-state index contributed by atoms with van der Waals surface area (Å²) in [6, 6.07) is 6.60. The van der Waals surface area contributed by atoms with Gasteiger partial charge in [-0.3, -0.25) is 4.68 Å². The Labute approximate surface area is 143 Å². The van der Waals surface area contributed by atoms with E-state index in [4.69, 9.17) is 9.72 Å². The highest BCUT2D eigenvalue weighted by atomic mass is 16.5. The molecule has 0 bridgehead atoms. The average Bonchev–Trinajstić information content (AvgIpc) is 3.18. The number of aromatic nitrogens is 3. The summed E-state index contributed by atoms with van der Waals surface area (Å²) in [7, 11) is 1.97. The zero-order chi connectivity index (χ0) is 16.5. The second-order valence-corrected chi connectivity index (χ2v) is 7.23. The lowest BCUT2D eigenvalue weighted by atomic mass is 10.0. The number of hydrogen-bond acceptors (Lipinski definition) is 4. The van der Waals surface area contributed by atoms with Crippen LogP contribution in [0.25, 0.3) is 0 Å². The molecule has 3 heterocycles. The maximum Gasteiger partial charge on any atom is 0.129 e. The minimum atomic E-state index is 0.285. The van der Waals surface area contributed by atoms with Crippen LogP contribution in [-0.4, -0.2) is 40.1 Å². The smallest absolute Gasteiger partial charge is 0.129 e. The highest BCUT2D eigenvalue weighted by molar-refractivity contribution is 5.43. The molecule has 1 aliphatic carbocycles. The largest absolute Gasteiger partial charge is 0.376 e. The van der Waals surface area contributed by atoms with Crippen LogP contribution in [0.4, 0.5) is 5.82 Å². The van der Waals surface area contributed by atoms with Crippen molar-refractivity contribution in [3.05, 3.63) is 41.9 Å². The Bertz CT molecular complexity index is 694. The van der Waals surface area contributed by atoms with Crippen molar-refractivity contribution < 1.29 is 4.74 Å². The predicted octanol–water partition coefficient (Wildman–Crippen LogP) is 2.74. The third-order valence-corrected chi connectivity index (χ3v) is 5.10. The highest BCUT2D eigenvalue weighted by Crippen LogP contribution is 2.33. The zero-order valence-corrected chi connectivity index (χ0v) is 14.6. The van der Waals surface area contributed by atoms with Crippen molar-refractivity contribution in [2.45, 2.75) is 44.8 Å². The van der Waals surface area contributed by atoms with Gasteiger partial charge in [0.2, 0.25) is 0 Å². The number of aryl methyl sites for hydroxylation is 2. The van der Waals surface area contributed by atoms with Gasteiger partial charge in [-0.25, -0.2) is 4.98 Å². The molecule has 0 radical (unpaired) electrons. The van der Waals surface area contributed by atoms with Gasteiger partial charge in [0.15, 0.2) is 0 Å². The molecule has 1 saturated carbocycles. The second kappa shape index (κ2) is 6.55. The molecule has 1 saturated heterocycles. The van der Waals surface area contributed by atoms with Gasteiger partial charge >= 0.3 is 0 Å². The van der Waals surface area contributed by atoms with Gasteiger partial charge in [0.05, 0.1) is 18.3 Å². The second-order valence-electron chi connectivity index (χ2n) is 7.23. The summed E-state index contributed by atoms with van der Waals surface area (Å²) in [4.78, 5) is 7.17. The van der Waals surface area contributed by atoms with Crippen LogP contribution in [0.3, 0.4) is 0 Å². The predicted molar refractivity (Wildman–Crippen MR) is 94.1 cm³/mol. The number of rotatable bonds is 6. The zero-order valence-electron chi connectivity index (χ0n) is 14.6. The lowest BCUT2D eigenvalue weighted by molar-refractivity contribution is 0.0407. The molecule has 0 unspecified atom stereocenters. The quantitative estimate of drug-likeness (QED) is 0.819. The monoisotopic (exact) mass is 326 g/mol. The Morgan fingerprint density at radius 1 is 1.25 bits per heavy atom. The van der Waals surface area contributed by atoms with E-state index in [0.717, 1.165) is 43.4 Å². The molecule has 4 rings (SSSR count). The van der Waals surface area contributed by atoms with Crippen molar-refractivity contribution in [1.82, 2.24) is 14.8 Å². The fourth-order valence-corrected chi connectivity index (χ4v) is 3.60. The lowest BCUT2D eigenvalue weighted by Gasteiger charge is -2.29. The summed E-state index contributed by atoms with van der Waals surface area (Å²) < 4.78 is 8.18. The summed E-state index contributed by atoms with van der Waals surface area (Å²) in [5.41, 5.74) is 2.33. The summed E-state index contributed by atoms with van der Waals surface area (Å²) in [6.45, 7) is 3.98. The molecule has 1 aliphatic heterocycles. The first-order valence-corrected chi connectivity index (χ1v) is 8.98. The van der Waals surface area contributed by atoms with E-state index in [-0.39, 0.29) is 6.10 Å². The van der Waals surface area contributed by atoms with Crippen molar-refractivity contribution in [3.63, 3.8) is 0 Å². The van der Waals surface area contributed by atoms with Crippen LogP contribution in [-0.2, 0) is 18.2 Å². The van der Waals surface area contributed by atoms with E-state index in [1.54, 1.807) is 0 Å². The van der Waals surface area contributed by atoms with E-state index in [1.165, 1.54) is 18.4 Å². The highest BCUT2D eigenvalue weighted by Gasteiger charge is 2.37. The van der Waals surface area contributed by atoms with Crippen LogP contribution in [0.1, 0.15) is 30.5 Å². The Morgan fingerprint density at radius 3 is 2.83 bits per heavy atom. The van der Waals surface area contributed by atoms with Crippen molar-refractivity contribution in [2.75, 3.05) is 18.1 Å². The fourth-order valence-electron chi connectivity index (χ4n) is 3.60. The van der Waals surface area contributed by atoms with Gasteiger partial charge in [0.25, 0.3) is 0 Å². The number of anilines is 1. The number of ether oxygens (including phenoxy) is 1. The van der Waals surface area contributed by atoms with Crippen molar-refractivity contribution in [3.8, 4) is 0 Å². The number of nitrogens with zero attached hydrogens (tertiary/aromatic N) is 4. The van der Waals surface area contributed by atoms with Crippen LogP contribution in [0.15, 0.2) is 30.6 Å². The molecule has 24 heavy (non-hydrogen) atoms. The first-order valence-electron chi connectivity index (χ1n) is 8.98. The molecule has 2 atom stereocenters. The molecule has 2 aliphatic rings. The molecule has 2 aromatic heterocycles. The van der Waals surface area contributed by atoms with E-state index in [0.29, 0.717) is 6.04 Å². The van der Waals surface area contributed by atoms with Crippen LogP contribution in [0.5, 0.6) is 0 Å². The molecule has 0 N–H and O–H groups in total. The molecule has 0 aromatic carbocycles. The minimum absolute atomic E-state index is 0.285. The number of hydrogen-bond donors (Lipinski definition) is 0. The van der Waals surface area contributed by atoms with Gasteiger partial charge < -0.3 is 9.64 Å². The molecule has 0 spiro atoms. The Hall–Kier alpha value is -1.88. The maximum atomic E-state index is 6.30. The van der Waals surface area contributed by atoms with Gasteiger partial charge in [-0.2, -0.15) is 5.10 Å². The normalized spacial score (nSPS) is 23.8. The molecule has 0 amide bonds. The molecular weight excluding hydrogens is 300 g/mol. The van der Waals surface area contributed by atoms with Crippen LogP contribution < -0.4 is 4.90 Å². The van der Waals surface area contributed by atoms with E-state index >= 15 is 0 Å². The fraction of sp³-hybridized carbons (Fsp3) is 0.579. The van der Waals surface area contributed by atoms with E-state index in [1.807, 2.05) is 17.9 Å². The van der Waals surface area contributed by atoms with E-state index in [2.05, 4.69) is 41.3 Å². The first kappa shape index (κ1) is 15.6. The maximum absolute atomic E-state index is 6.30. The lowest BCUT2D eigenvalue weighted by Crippen LogP contribution is -2.39. The van der Waals surface area contributed by atoms with Crippen LogP contribution in [0.2, 0.25) is 0 Å². The summed E-state index contributed by atoms with van der Waals surface area (Å²) >= 11 is 0. The average molecular weight is 326 g/mol. The molecule has 128 valence electrons. The third-order valence-electron chi connectivity index (χ3n) is 5.10. The minimum Gasteiger partial charge on any atom is -0.376 e. The molecule has 2 fully saturated rings. The Morgan fingerprint density at radius 2 is 2.12 bits per heavy atom. The Balaban J connectivity index is 1.54. The Kier molecular flexibility index (Phi) is 4.27. The standard InChI is InChI=1S/C19H26N4O/c1-14-4-3-5-19(21-14)23-9-8-18(24-13-15-6-7-15)17(23)10-16-11-20-22(2)12-16/h3-5,11-12,15,17-18H,6-10,13H2,1-2H3/t17-,18-/m1/s1.